The van der Waals surface area contributed by atoms with E-state index in [0.717, 1.165) is 38.6 Å². The second kappa shape index (κ2) is 9.16. The minimum atomic E-state index is -0.0326. The van der Waals surface area contributed by atoms with Gasteiger partial charge in [0, 0.05) is 41.9 Å². The van der Waals surface area contributed by atoms with Crippen molar-refractivity contribution in [3.63, 3.8) is 0 Å². The summed E-state index contributed by atoms with van der Waals surface area (Å²) in [6, 6.07) is 45.1. The molecule has 0 saturated heterocycles. The molecule has 0 spiro atoms. The standard InChI is InChI=1S/C41H25N3S/c1-41(2)34-9-5-3-7-28(34)31-20-33-30-15-13-26(19-39(30)45-40(33)21-35(31)41)27-14-11-25(23-43)18-38(27)44-36-10-6-4-8-29(36)32-17-24(22-42)12-16-37(32)44/h3-21H,1-2H3. The van der Waals surface area contributed by atoms with Crippen molar-refractivity contribution in [3.8, 4) is 40.1 Å². The van der Waals surface area contributed by atoms with Crippen LogP contribution in [0, 0.1) is 22.7 Å². The Hall–Kier alpha value is -5.68. The summed E-state index contributed by atoms with van der Waals surface area (Å²) in [5, 5.41) is 24.2. The molecular formula is C41H25N3S. The van der Waals surface area contributed by atoms with Crippen LogP contribution in [-0.2, 0) is 5.41 Å². The number of hydrogen-bond donors (Lipinski definition) is 0. The summed E-state index contributed by atoms with van der Waals surface area (Å²) < 4.78 is 4.78. The van der Waals surface area contributed by atoms with E-state index in [2.05, 4.69) is 103 Å². The molecule has 0 aliphatic heterocycles. The molecule has 8 aromatic rings. The third-order valence-electron chi connectivity index (χ3n) is 9.66. The van der Waals surface area contributed by atoms with Crippen LogP contribution in [0.25, 0.3) is 69.9 Å². The summed E-state index contributed by atoms with van der Waals surface area (Å²) in [7, 11) is 0. The Balaban J connectivity index is 1.28. The Kier molecular flexibility index (Phi) is 5.25. The van der Waals surface area contributed by atoms with Gasteiger partial charge in [-0.25, -0.2) is 0 Å². The average molecular weight is 592 g/mol. The Morgan fingerprint density at radius 3 is 2.16 bits per heavy atom. The van der Waals surface area contributed by atoms with Crippen molar-refractivity contribution in [3.05, 3.63) is 138 Å². The van der Waals surface area contributed by atoms with E-state index in [-0.39, 0.29) is 5.41 Å². The Morgan fingerprint density at radius 1 is 0.556 bits per heavy atom. The summed E-state index contributed by atoms with van der Waals surface area (Å²) in [5.74, 6) is 0. The van der Waals surface area contributed by atoms with E-state index < -0.39 is 0 Å². The van der Waals surface area contributed by atoms with Crippen molar-refractivity contribution in [2.75, 3.05) is 0 Å². The maximum Gasteiger partial charge on any atom is 0.0992 e. The molecule has 2 aromatic heterocycles. The number of nitriles is 2. The van der Waals surface area contributed by atoms with Gasteiger partial charge < -0.3 is 4.57 Å². The van der Waals surface area contributed by atoms with Gasteiger partial charge in [0.15, 0.2) is 0 Å². The number of fused-ring (bicyclic) bond motifs is 9. The quantitative estimate of drug-likeness (QED) is 0.201. The first-order valence-electron chi connectivity index (χ1n) is 15.0. The van der Waals surface area contributed by atoms with Gasteiger partial charge in [-0.05, 0) is 82.4 Å². The number of para-hydroxylation sites is 1. The normalized spacial score (nSPS) is 13.2. The number of rotatable bonds is 2. The summed E-state index contributed by atoms with van der Waals surface area (Å²) in [4.78, 5) is 0. The molecule has 0 unspecified atom stereocenters. The van der Waals surface area contributed by atoms with E-state index in [9.17, 15) is 10.5 Å². The second-order valence-electron chi connectivity index (χ2n) is 12.4. The summed E-state index contributed by atoms with van der Waals surface area (Å²) in [6.07, 6.45) is 0. The van der Waals surface area contributed by atoms with Crippen LogP contribution in [0.1, 0.15) is 36.1 Å². The lowest BCUT2D eigenvalue weighted by Crippen LogP contribution is -2.14. The van der Waals surface area contributed by atoms with Crippen molar-refractivity contribution >= 4 is 53.3 Å². The highest BCUT2D eigenvalue weighted by molar-refractivity contribution is 7.25. The molecule has 45 heavy (non-hydrogen) atoms. The van der Waals surface area contributed by atoms with Crippen LogP contribution in [0.5, 0.6) is 0 Å². The first-order chi connectivity index (χ1) is 22.0. The number of thiophene rings is 1. The molecule has 0 fully saturated rings. The first kappa shape index (κ1) is 25.8. The average Bonchev–Trinajstić information content (AvgIpc) is 3.68. The Labute approximate surface area is 264 Å². The number of aromatic nitrogens is 1. The Bertz CT molecular complexity index is 2650. The summed E-state index contributed by atoms with van der Waals surface area (Å²) >= 11 is 1.85. The lowest BCUT2D eigenvalue weighted by molar-refractivity contribution is 0.661. The molecular weight excluding hydrogens is 567 g/mol. The first-order valence-corrected chi connectivity index (χ1v) is 15.9. The van der Waals surface area contributed by atoms with Gasteiger partial charge >= 0.3 is 0 Å². The molecule has 0 radical (unpaired) electrons. The number of nitrogens with zero attached hydrogens (tertiary/aromatic N) is 3. The molecule has 0 N–H and O–H groups in total. The van der Waals surface area contributed by atoms with Gasteiger partial charge in [-0.1, -0.05) is 74.5 Å². The molecule has 0 amide bonds. The minimum absolute atomic E-state index is 0.0326. The summed E-state index contributed by atoms with van der Waals surface area (Å²) in [5.41, 5.74) is 11.8. The van der Waals surface area contributed by atoms with Gasteiger partial charge in [0.25, 0.3) is 0 Å². The number of hydrogen-bond acceptors (Lipinski definition) is 3. The zero-order chi connectivity index (χ0) is 30.4. The molecule has 210 valence electrons. The molecule has 4 heteroatoms. The van der Waals surface area contributed by atoms with Crippen LogP contribution in [0.15, 0.2) is 115 Å². The van der Waals surface area contributed by atoms with Gasteiger partial charge in [0.05, 0.1) is 40.0 Å². The van der Waals surface area contributed by atoms with Crippen LogP contribution in [0.4, 0.5) is 0 Å². The Morgan fingerprint density at radius 2 is 1.29 bits per heavy atom. The van der Waals surface area contributed by atoms with E-state index in [4.69, 9.17) is 0 Å². The highest BCUT2D eigenvalue weighted by Crippen LogP contribution is 2.51. The topological polar surface area (TPSA) is 52.5 Å². The summed E-state index contributed by atoms with van der Waals surface area (Å²) in [6.45, 7) is 4.66. The molecule has 0 bridgehead atoms. The second-order valence-corrected chi connectivity index (χ2v) is 13.5. The fraction of sp³-hybridized carbons (Fsp3) is 0.0732. The maximum atomic E-state index is 9.91. The van der Waals surface area contributed by atoms with E-state index in [1.54, 1.807) is 0 Å². The maximum absolute atomic E-state index is 9.91. The molecule has 9 rings (SSSR count). The van der Waals surface area contributed by atoms with Gasteiger partial charge in [-0.15, -0.1) is 11.3 Å². The van der Waals surface area contributed by atoms with Crippen molar-refractivity contribution in [2.45, 2.75) is 19.3 Å². The van der Waals surface area contributed by atoms with Crippen LogP contribution in [0.2, 0.25) is 0 Å². The van der Waals surface area contributed by atoms with E-state index in [1.807, 2.05) is 53.8 Å². The van der Waals surface area contributed by atoms with Gasteiger partial charge in [-0.3, -0.25) is 0 Å². The van der Waals surface area contributed by atoms with Crippen molar-refractivity contribution in [1.29, 1.82) is 10.5 Å². The molecule has 0 atom stereocenters. The largest absolute Gasteiger partial charge is 0.309 e. The van der Waals surface area contributed by atoms with Crippen LogP contribution < -0.4 is 0 Å². The smallest absolute Gasteiger partial charge is 0.0992 e. The van der Waals surface area contributed by atoms with E-state index in [1.165, 1.54) is 42.4 Å². The monoisotopic (exact) mass is 591 g/mol. The molecule has 3 nitrogen and oxygen atoms in total. The van der Waals surface area contributed by atoms with E-state index >= 15 is 0 Å². The highest BCUT2D eigenvalue weighted by Gasteiger charge is 2.35. The fourth-order valence-corrected chi connectivity index (χ4v) is 8.64. The van der Waals surface area contributed by atoms with E-state index in [0.29, 0.717) is 11.1 Å². The predicted molar refractivity (Wildman–Crippen MR) is 186 cm³/mol. The SMILES string of the molecule is CC1(C)c2ccccc2-c2cc3c(cc21)sc1cc(-c2ccc(C#N)cc2-n2c4ccccc4c4cc(C#N)ccc42)ccc13. The van der Waals surface area contributed by atoms with Crippen molar-refractivity contribution in [1.82, 2.24) is 4.57 Å². The molecule has 6 aromatic carbocycles. The molecule has 2 heterocycles. The van der Waals surface area contributed by atoms with Crippen LogP contribution in [-0.4, -0.2) is 4.57 Å². The number of benzene rings is 6. The molecule has 1 aliphatic carbocycles. The van der Waals surface area contributed by atoms with Crippen LogP contribution in [0.3, 0.4) is 0 Å². The zero-order valence-electron chi connectivity index (χ0n) is 24.7. The predicted octanol–water partition coefficient (Wildman–Crippen LogP) is 10.9. The minimum Gasteiger partial charge on any atom is -0.309 e. The van der Waals surface area contributed by atoms with Gasteiger partial charge in [0.2, 0.25) is 0 Å². The van der Waals surface area contributed by atoms with Crippen molar-refractivity contribution < 1.29 is 0 Å². The third-order valence-corrected chi connectivity index (χ3v) is 10.8. The lowest BCUT2D eigenvalue weighted by Gasteiger charge is -2.21. The van der Waals surface area contributed by atoms with Gasteiger partial charge in [0.1, 0.15) is 0 Å². The van der Waals surface area contributed by atoms with Gasteiger partial charge in [-0.2, -0.15) is 10.5 Å². The van der Waals surface area contributed by atoms with Crippen molar-refractivity contribution in [2.24, 2.45) is 0 Å². The highest BCUT2D eigenvalue weighted by atomic mass is 32.1. The molecule has 0 saturated carbocycles. The zero-order valence-corrected chi connectivity index (χ0v) is 25.5. The fourth-order valence-electron chi connectivity index (χ4n) is 7.47. The lowest BCUT2D eigenvalue weighted by atomic mass is 9.82. The third kappa shape index (κ3) is 3.55. The van der Waals surface area contributed by atoms with Crippen LogP contribution >= 0.6 is 11.3 Å². The molecule has 1 aliphatic rings.